The predicted molar refractivity (Wildman–Crippen MR) is 122 cm³/mol. The Labute approximate surface area is 209 Å². The van der Waals surface area contributed by atoms with Crippen LogP contribution in [-0.4, -0.2) is 66.0 Å². The van der Waals surface area contributed by atoms with E-state index in [9.17, 15) is 35.9 Å². The number of nitrogens with zero attached hydrogens (tertiary/aromatic N) is 3. The number of amides is 1. The molecule has 1 amide bonds. The number of hydrogen-bond donors (Lipinski definition) is 0. The number of carbonyl (C=O) groups excluding carboxylic acids is 2. The molecule has 2 aromatic rings. The van der Waals surface area contributed by atoms with Crippen LogP contribution in [0.15, 0.2) is 30.3 Å². The van der Waals surface area contributed by atoms with Crippen molar-refractivity contribution >= 4 is 11.7 Å². The third-order valence-electron chi connectivity index (χ3n) is 7.44. The summed E-state index contributed by atoms with van der Waals surface area (Å²) in [5, 5.41) is 0. The molecule has 2 aliphatic heterocycles. The van der Waals surface area contributed by atoms with E-state index in [0.29, 0.717) is 25.1 Å². The number of alkyl halides is 6. The molecule has 0 radical (unpaired) electrons. The molecule has 1 spiro atoms. The summed E-state index contributed by atoms with van der Waals surface area (Å²) in [4.78, 5) is 28.8. The van der Waals surface area contributed by atoms with Crippen LogP contribution >= 0.6 is 0 Å². The van der Waals surface area contributed by atoms with Crippen LogP contribution in [0.1, 0.15) is 58.8 Å². The van der Waals surface area contributed by atoms with Crippen molar-refractivity contribution in [3.8, 4) is 5.75 Å². The van der Waals surface area contributed by atoms with Gasteiger partial charge in [-0.15, -0.1) is 0 Å². The van der Waals surface area contributed by atoms with E-state index in [2.05, 4.69) is 0 Å². The Morgan fingerprint density at radius 2 is 1.59 bits per heavy atom. The van der Waals surface area contributed by atoms with Crippen molar-refractivity contribution < 1.29 is 40.7 Å². The molecular weight excluding hydrogens is 504 g/mol. The normalized spacial score (nSPS) is 19.6. The number of piperidine rings is 1. The minimum Gasteiger partial charge on any atom is -0.496 e. The topological polar surface area (TPSA) is 54.8 Å². The summed E-state index contributed by atoms with van der Waals surface area (Å²) in [6, 6.07) is 5.87. The largest absolute Gasteiger partial charge is 0.496 e. The number of halogens is 6. The van der Waals surface area contributed by atoms with Crippen molar-refractivity contribution in [3.63, 3.8) is 0 Å². The molecule has 12 heteroatoms. The lowest BCUT2D eigenvalue weighted by Gasteiger charge is -2.55. The van der Waals surface area contributed by atoms with Gasteiger partial charge in [-0.3, -0.25) is 14.5 Å². The van der Waals surface area contributed by atoms with Crippen molar-refractivity contribution in [3.05, 3.63) is 52.8 Å². The van der Waals surface area contributed by atoms with Gasteiger partial charge >= 0.3 is 12.4 Å². The van der Waals surface area contributed by atoms with Crippen LogP contribution in [0, 0.1) is 0 Å². The molecule has 1 fully saturated rings. The van der Waals surface area contributed by atoms with E-state index in [1.54, 1.807) is 13.8 Å². The lowest BCUT2D eigenvalue weighted by molar-refractivity contribution is -0.138. The zero-order valence-electron chi connectivity index (χ0n) is 20.8. The van der Waals surface area contributed by atoms with Gasteiger partial charge in [-0.25, -0.2) is 0 Å². The second-order valence-corrected chi connectivity index (χ2v) is 10.2. The number of Topliss-reactive ketones (excluding diaryl/α,β-unsaturated/α-hetero) is 1. The van der Waals surface area contributed by atoms with E-state index in [4.69, 9.17) is 4.74 Å². The SMILES string of the molecule is COc1ccc(C(=O)N2CCC3(CC2)c2ccc(C(=O)C(F)(F)F)n2C(C)(C)CN3C)cc1C(F)(F)F. The van der Waals surface area contributed by atoms with E-state index in [1.807, 2.05) is 11.9 Å². The highest BCUT2D eigenvalue weighted by Gasteiger charge is 2.52. The summed E-state index contributed by atoms with van der Waals surface area (Å²) in [5.41, 5.74) is -2.62. The number of rotatable bonds is 3. The molecular formula is C25H27F6N3O3. The van der Waals surface area contributed by atoms with Crippen molar-refractivity contribution in [2.75, 3.05) is 33.8 Å². The number of benzene rings is 1. The molecule has 0 bridgehead atoms. The number of likely N-dealkylation sites (N-methyl/N-ethyl adjacent to an activating group) is 1. The lowest BCUT2D eigenvalue weighted by atomic mass is 9.78. The lowest BCUT2D eigenvalue weighted by Crippen LogP contribution is -2.61. The van der Waals surface area contributed by atoms with E-state index in [0.717, 1.165) is 19.2 Å². The van der Waals surface area contributed by atoms with Crippen molar-refractivity contribution in [2.24, 2.45) is 0 Å². The van der Waals surface area contributed by atoms with Gasteiger partial charge < -0.3 is 14.2 Å². The molecule has 1 aromatic heterocycles. The molecule has 0 N–H and O–H groups in total. The molecule has 37 heavy (non-hydrogen) atoms. The Morgan fingerprint density at radius 3 is 2.14 bits per heavy atom. The Balaban J connectivity index is 1.64. The van der Waals surface area contributed by atoms with Crippen LogP contribution in [0.5, 0.6) is 5.75 Å². The molecule has 0 aliphatic carbocycles. The van der Waals surface area contributed by atoms with E-state index in [1.165, 1.54) is 27.7 Å². The fraction of sp³-hybridized carbons (Fsp3) is 0.520. The predicted octanol–water partition coefficient (Wildman–Crippen LogP) is 5.07. The standard InChI is InChI=1S/C25H27F6N3O3/c1-22(2)14-32(3)23(19-8-6-17(34(19)22)20(35)25(29,30)31)9-11-33(12-10-23)21(36)15-5-7-18(37-4)16(13-15)24(26,27)28/h5-8,13H,9-12,14H2,1-4H3. The zero-order chi connectivity index (χ0) is 27.6. The number of hydrogen-bond acceptors (Lipinski definition) is 4. The third-order valence-corrected chi connectivity index (χ3v) is 7.44. The van der Waals surface area contributed by atoms with E-state index in [-0.39, 0.29) is 18.7 Å². The highest BCUT2D eigenvalue weighted by atomic mass is 19.4. The average molecular weight is 531 g/mol. The average Bonchev–Trinajstić information content (AvgIpc) is 3.27. The van der Waals surface area contributed by atoms with Gasteiger partial charge in [0.2, 0.25) is 0 Å². The molecule has 1 saturated heterocycles. The third kappa shape index (κ3) is 4.49. The van der Waals surface area contributed by atoms with Crippen LogP contribution in [-0.2, 0) is 17.3 Å². The number of aromatic nitrogens is 1. The minimum atomic E-state index is -5.02. The van der Waals surface area contributed by atoms with E-state index >= 15 is 0 Å². The number of carbonyl (C=O) groups is 2. The van der Waals surface area contributed by atoms with Gasteiger partial charge in [0.05, 0.1) is 29.4 Å². The van der Waals surface area contributed by atoms with Crippen LogP contribution in [0.3, 0.4) is 0 Å². The summed E-state index contributed by atoms with van der Waals surface area (Å²) in [6.45, 7) is 4.21. The van der Waals surface area contributed by atoms with E-state index < -0.39 is 52.1 Å². The number of methoxy groups -OCH3 is 1. The molecule has 2 aliphatic rings. The monoisotopic (exact) mass is 531 g/mol. The summed E-state index contributed by atoms with van der Waals surface area (Å²) < 4.78 is 86.4. The highest BCUT2D eigenvalue weighted by Crippen LogP contribution is 2.46. The number of ketones is 1. The fourth-order valence-corrected chi connectivity index (χ4v) is 5.74. The Kier molecular flexibility index (Phi) is 6.41. The molecule has 6 nitrogen and oxygen atoms in total. The summed E-state index contributed by atoms with van der Waals surface area (Å²) in [6.07, 6.45) is -9.07. The maximum absolute atomic E-state index is 13.4. The van der Waals surface area contributed by atoms with Crippen LogP contribution in [0.4, 0.5) is 26.3 Å². The minimum absolute atomic E-state index is 0.136. The smallest absolute Gasteiger partial charge is 0.456 e. The number of likely N-dealkylation sites (tertiary alicyclic amines) is 1. The first-order valence-corrected chi connectivity index (χ1v) is 11.6. The van der Waals surface area contributed by atoms with Gasteiger partial charge in [-0.2, -0.15) is 26.3 Å². The van der Waals surface area contributed by atoms with Crippen LogP contribution in [0.25, 0.3) is 0 Å². The van der Waals surface area contributed by atoms with Gasteiger partial charge in [-0.1, -0.05) is 0 Å². The Hall–Kier alpha value is -3.02. The van der Waals surface area contributed by atoms with Crippen molar-refractivity contribution in [1.29, 1.82) is 0 Å². The first-order valence-electron chi connectivity index (χ1n) is 11.6. The van der Waals surface area contributed by atoms with Crippen LogP contribution < -0.4 is 4.74 Å². The highest BCUT2D eigenvalue weighted by molar-refractivity contribution is 5.99. The Morgan fingerprint density at radius 1 is 0.973 bits per heavy atom. The van der Waals surface area contributed by atoms with Crippen molar-refractivity contribution in [2.45, 2.75) is 50.1 Å². The van der Waals surface area contributed by atoms with Gasteiger partial charge in [0, 0.05) is 30.9 Å². The number of ether oxygens (including phenoxy) is 1. The van der Waals surface area contributed by atoms with Gasteiger partial charge in [-0.05, 0) is 64.1 Å². The van der Waals surface area contributed by atoms with Gasteiger partial charge in [0.1, 0.15) is 5.75 Å². The molecule has 0 unspecified atom stereocenters. The molecule has 4 rings (SSSR count). The first-order chi connectivity index (χ1) is 17.0. The molecule has 0 atom stereocenters. The molecule has 0 saturated carbocycles. The fourth-order valence-electron chi connectivity index (χ4n) is 5.74. The molecule has 1 aromatic carbocycles. The second kappa shape index (κ2) is 8.78. The van der Waals surface area contributed by atoms with Crippen molar-refractivity contribution in [1.82, 2.24) is 14.4 Å². The second-order valence-electron chi connectivity index (χ2n) is 10.2. The summed E-state index contributed by atoms with van der Waals surface area (Å²) >= 11 is 0. The Bertz CT molecular complexity index is 1220. The summed E-state index contributed by atoms with van der Waals surface area (Å²) in [5.74, 6) is -2.89. The van der Waals surface area contributed by atoms with Crippen LogP contribution in [0.2, 0.25) is 0 Å². The first kappa shape index (κ1) is 27.0. The molecule has 3 heterocycles. The number of fused-ring (bicyclic) bond motifs is 2. The molecule has 202 valence electrons. The summed E-state index contributed by atoms with van der Waals surface area (Å²) in [7, 11) is 2.96. The van der Waals surface area contributed by atoms with Gasteiger partial charge in [0.25, 0.3) is 11.7 Å². The van der Waals surface area contributed by atoms with Gasteiger partial charge in [0.15, 0.2) is 0 Å². The maximum Gasteiger partial charge on any atom is 0.456 e. The maximum atomic E-state index is 13.4. The zero-order valence-corrected chi connectivity index (χ0v) is 20.8. The quantitative estimate of drug-likeness (QED) is 0.410.